The number of rotatable bonds is 4. The highest BCUT2D eigenvalue weighted by Crippen LogP contribution is 2.39. The first-order chi connectivity index (χ1) is 9.03. The standard InChI is InChI=1S/C14H17NO4/c1-3-14(8-11(16)15-12(14)13(17)18)9-4-6-10(19-2)7-5-9/h4-7,12H,3,8H2,1-2H3,(H,15,16)(H,17,18). The van der Waals surface area contributed by atoms with Crippen LogP contribution in [-0.4, -0.2) is 30.1 Å². The van der Waals surface area contributed by atoms with Crippen molar-refractivity contribution in [2.75, 3.05) is 7.11 Å². The van der Waals surface area contributed by atoms with Gasteiger partial charge in [-0.3, -0.25) is 4.79 Å². The molecule has 1 aliphatic heterocycles. The number of hydrogen-bond donors (Lipinski definition) is 2. The summed E-state index contributed by atoms with van der Waals surface area (Å²) in [4.78, 5) is 23.0. The van der Waals surface area contributed by atoms with E-state index in [0.717, 1.165) is 5.56 Å². The molecule has 2 N–H and O–H groups in total. The number of hydrogen-bond acceptors (Lipinski definition) is 3. The molecule has 1 aromatic carbocycles. The van der Waals surface area contributed by atoms with Gasteiger partial charge in [0.15, 0.2) is 0 Å². The maximum Gasteiger partial charge on any atom is 0.327 e. The Labute approximate surface area is 111 Å². The van der Waals surface area contributed by atoms with E-state index >= 15 is 0 Å². The maximum absolute atomic E-state index is 11.6. The van der Waals surface area contributed by atoms with E-state index in [-0.39, 0.29) is 12.3 Å². The zero-order valence-corrected chi connectivity index (χ0v) is 11.0. The van der Waals surface area contributed by atoms with Gasteiger partial charge < -0.3 is 15.2 Å². The molecule has 1 saturated heterocycles. The monoisotopic (exact) mass is 263 g/mol. The van der Waals surface area contributed by atoms with E-state index < -0.39 is 17.4 Å². The second kappa shape index (κ2) is 4.91. The molecule has 0 aliphatic carbocycles. The lowest BCUT2D eigenvalue weighted by Gasteiger charge is -2.31. The maximum atomic E-state index is 11.6. The molecule has 1 heterocycles. The number of nitrogens with one attached hydrogen (secondary N) is 1. The second-order valence-corrected chi connectivity index (χ2v) is 4.75. The quantitative estimate of drug-likeness (QED) is 0.859. The Hall–Kier alpha value is -2.04. The molecule has 102 valence electrons. The number of ether oxygens (including phenoxy) is 1. The summed E-state index contributed by atoms with van der Waals surface area (Å²) in [6.07, 6.45) is 0.780. The topological polar surface area (TPSA) is 75.6 Å². The van der Waals surface area contributed by atoms with Gasteiger partial charge in [0.2, 0.25) is 5.91 Å². The molecular weight excluding hydrogens is 246 g/mol. The van der Waals surface area contributed by atoms with Crippen molar-refractivity contribution < 1.29 is 19.4 Å². The molecular formula is C14H17NO4. The average Bonchev–Trinajstić information content (AvgIpc) is 2.77. The van der Waals surface area contributed by atoms with Crippen molar-refractivity contribution in [1.82, 2.24) is 5.32 Å². The summed E-state index contributed by atoms with van der Waals surface area (Å²) in [5.41, 5.74) is 0.163. The lowest BCUT2D eigenvalue weighted by Crippen LogP contribution is -2.46. The van der Waals surface area contributed by atoms with E-state index in [2.05, 4.69) is 5.32 Å². The molecule has 0 aromatic heterocycles. The summed E-state index contributed by atoms with van der Waals surface area (Å²) in [6, 6.07) is 6.36. The van der Waals surface area contributed by atoms with Crippen LogP contribution in [0.25, 0.3) is 0 Å². The van der Waals surface area contributed by atoms with Gasteiger partial charge in [-0.25, -0.2) is 4.79 Å². The summed E-state index contributed by atoms with van der Waals surface area (Å²) >= 11 is 0. The molecule has 1 aliphatic rings. The van der Waals surface area contributed by atoms with Crippen LogP contribution in [0, 0.1) is 0 Å². The van der Waals surface area contributed by atoms with Crippen LogP contribution in [0.2, 0.25) is 0 Å². The predicted octanol–water partition coefficient (Wildman–Crippen LogP) is 1.32. The van der Waals surface area contributed by atoms with Crippen LogP contribution in [0.4, 0.5) is 0 Å². The van der Waals surface area contributed by atoms with Crippen LogP contribution in [0.3, 0.4) is 0 Å². The fourth-order valence-electron chi connectivity index (χ4n) is 2.76. The molecule has 1 fully saturated rings. The Morgan fingerprint density at radius 2 is 2.11 bits per heavy atom. The zero-order valence-electron chi connectivity index (χ0n) is 11.0. The summed E-state index contributed by atoms with van der Waals surface area (Å²) in [7, 11) is 1.57. The number of carbonyl (C=O) groups is 2. The smallest absolute Gasteiger partial charge is 0.327 e. The predicted molar refractivity (Wildman–Crippen MR) is 69.1 cm³/mol. The number of amides is 1. The molecule has 0 radical (unpaired) electrons. The average molecular weight is 263 g/mol. The highest BCUT2D eigenvalue weighted by molar-refractivity contribution is 5.91. The van der Waals surface area contributed by atoms with Crippen molar-refractivity contribution in [3.05, 3.63) is 29.8 Å². The van der Waals surface area contributed by atoms with Crippen molar-refractivity contribution in [3.8, 4) is 5.75 Å². The molecule has 2 unspecified atom stereocenters. The molecule has 0 saturated carbocycles. The Kier molecular flexibility index (Phi) is 3.46. The minimum absolute atomic E-state index is 0.201. The van der Waals surface area contributed by atoms with Crippen LogP contribution < -0.4 is 10.1 Å². The van der Waals surface area contributed by atoms with Gasteiger partial charge in [-0.15, -0.1) is 0 Å². The first-order valence-corrected chi connectivity index (χ1v) is 6.20. The van der Waals surface area contributed by atoms with Gasteiger partial charge in [0, 0.05) is 11.8 Å². The summed E-state index contributed by atoms with van der Waals surface area (Å²) in [5.74, 6) is -0.507. The van der Waals surface area contributed by atoms with Gasteiger partial charge >= 0.3 is 5.97 Å². The molecule has 2 rings (SSSR count). The number of carboxylic acids is 1. The third kappa shape index (κ3) is 2.16. The molecule has 1 aromatic rings. The fraction of sp³-hybridized carbons (Fsp3) is 0.429. The van der Waals surface area contributed by atoms with Gasteiger partial charge in [-0.2, -0.15) is 0 Å². The van der Waals surface area contributed by atoms with E-state index in [9.17, 15) is 14.7 Å². The molecule has 5 nitrogen and oxygen atoms in total. The van der Waals surface area contributed by atoms with E-state index in [1.807, 2.05) is 19.1 Å². The highest BCUT2D eigenvalue weighted by Gasteiger charge is 2.50. The van der Waals surface area contributed by atoms with Crippen molar-refractivity contribution in [2.45, 2.75) is 31.2 Å². The molecule has 1 amide bonds. The van der Waals surface area contributed by atoms with E-state index in [1.165, 1.54) is 0 Å². The first kappa shape index (κ1) is 13.4. The Morgan fingerprint density at radius 1 is 1.47 bits per heavy atom. The number of aliphatic carboxylic acids is 1. The van der Waals surface area contributed by atoms with Crippen molar-refractivity contribution >= 4 is 11.9 Å². The summed E-state index contributed by atoms with van der Waals surface area (Å²) < 4.78 is 5.09. The van der Waals surface area contributed by atoms with Gasteiger partial charge in [0.25, 0.3) is 0 Å². The first-order valence-electron chi connectivity index (χ1n) is 6.20. The van der Waals surface area contributed by atoms with Crippen LogP contribution in [0.5, 0.6) is 5.75 Å². The largest absolute Gasteiger partial charge is 0.497 e. The lowest BCUT2D eigenvalue weighted by atomic mass is 9.72. The number of carbonyl (C=O) groups excluding carboxylic acids is 1. The fourth-order valence-corrected chi connectivity index (χ4v) is 2.76. The van der Waals surface area contributed by atoms with E-state index in [0.29, 0.717) is 12.2 Å². The second-order valence-electron chi connectivity index (χ2n) is 4.75. The van der Waals surface area contributed by atoms with Gasteiger partial charge in [-0.05, 0) is 24.1 Å². The van der Waals surface area contributed by atoms with E-state index in [1.54, 1.807) is 19.2 Å². The summed E-state index contributed by atoms with van der Waals surface area (Å²) in [5, 5.41) is 11.9. The minimum Gasteiger partial charge on any atom is -0.497 e. The SMILES string of the molecule is CCC1(c2ccc(OC)cc2)CC(=O)NC1C(=O)O. The third-order valence-electron chi connectivity index (χ3n) is 3.88. The molecule has 0 bridgehead atoms. The Bertz CT molecular complexity index is 497. The van der Waals surface area contributed by atoms with Gasteiger partial charge in [-0.1, -0.05) is 19.1 Å². The molecule has 19 heavy (non-hydrogen) atoms. The molecule has 2 atom stereocenters. The normalized spacial score (nSPS) is 26.0. The summed E-state index contributed by atoms with van der Waals surface area (Å²) in [6.45, 7) is 1.90. The van der Waals surface area contributed by atoms with Crippen LogP contribution in [0.15, 0.2) is 24.3 Å². The number of carboxylic acid groups (broad SMARTS) is 1. The van der Waals surface area contributed by atoms with Crippen molar-refractivity contribution in [3.63, 3.8) is 0 Å². The zero-order chi connectivity index (χ0) is 14.0. The Balaban J connectivity index is 2.45. The Morgan fingerprint density at radius 3 is 2.58 bits per heavy atom. The van der Waals surface area contributed by atoms with Gasteiger partial charge in [0.1, 0.15) is 11.8 Å². The van der Waals surface area contributed by atoms with Crippen LogP contribution >= 0.6 is 0 Å². The molecule has 5 heteroatoms. The van der Waals surface area contributed by atoms with Crippen molar-refractivity contribution in [1.29, 1.82) is 0 Å². The minimum atomic E-state index is -0.997. The highest BCUT2D eigenvalue weighted by atomic mass is 16.5. The third-order valence-corrected chi connectivity index (χ3v) is 3.88. The van der Waals surface area contributed by atoms with E-state index in [4.69, 9.17) is 4.74 Å². The number of methoxy groups -OCH3 is 1. The molecule has 0 spiro atoms. The van der Waals surface area contributed by atoms with Gasteiger partial charge in [0.05, 0.1) is 7.11 Å². The lowest BCUT2D eigenvalue weighted by molar-refractivity contribution is -0.141. The van der Waals surface area contributed by atoms with Crippen LogP contribution in [-0.2, 0) is 15.0 Å². The number of benzene rings is 1. The van der Waals surface area contributed by atoms with Crippen molar-refractivity contribution in [2.24, 2.45) is 0 Å². The van der Waals surface area contributed by atoms with Crippen LogP contribution in [0.1, 0.15) is 25.3 Å².